The first-order valence-electron chi connectivity index (χ1n) is 11.9. The molecule has 0 aliphatic heterocycles. The fourth-order valence-electron chi connectivity index (χ4n) is 4.76. The van der Waals surface area contributed by atoms with Crippen LogP contribution in [0.3, 0.4) is 0 Å². The molecule has 0 radical (unpaired) electrons. The van der Waals surface area contributed by atoms with Crippen molar-refractivity contribution in [2.24, 2.45) is 5.92 Å². The van der Waals surface area contributed by atoms with Gasteiger partial charge in [-0.2, -0.15) is 0 Å². The van der Waals surface area contributed by atoms with Crippen molar-refractivity contribution in [1.82, 2.24) is 15.3 Å². The van der Waals surface area contributed by atoms with E-state index < -0.39 is 5.63 Å². The van der Waals surface area contributed by atoms with Gasteiger partial charge in [0.05, 0.1) is 23.3 Å². The minimum atomic E-state index is -0.411. The van der Waals surface area contributed by atoms with Crippen LogP contribution in [0.15, 0.2) is 50.2 Å². The van der Waals surface area contributed by atoms with Crippen molar-refractivity contribution in [3.63, 3.8) is 0 Å². The van der Waals surface area contributed by atoms with Gasteiger partial charge in [0.25, 0.3) is 0 Å². The van der Waals surface area contributed by atoms with E-state index in [1.54, 1.807) is 6.26 Å². The number of fused-ring (bicyclic) bond motifs is 3. The summed E-state index contributed by atoms with van der Waals surface area (Å²) in [6.45, 7) is 9.89. The summed E-state index contributed by atoms with van der Waals surface area (Å²) in [5.41, 5.74) is 5.86. The second-order valence-electron chi connectivity index (χ2n) is 9.60. The standard InChI is InChI=1S/C28H29N3O4/c1-14(2)24(27-29-21-8-6-7-9-22(21)30-27)31-23(32)11-10-18-16(4)20-12-19-15(3)13-34-25(19)17(5)26(20)35-28(18)33/h6-9,12-14,24H,10-11H2,1-5H3,(H,29,30)(H,31,32). The Bertz CT molecular complexity index is 1600. The zero-order valence-corrected chi connectivity index (χ0v) is 20.6. The highest BCUT2D eigenvalue weighted by atomic mass is 16.4. The number of carbonyl (C=O) groups excluding carboxylic acids is 1. The Morgan fingerprint density at radius 1 is 1.09 bits per heavy atom. The molecule has 5 aromatic rings. The number of benzene rings is 2. The third-order valence-corrected chi connectivity index (χ3v) is 6.82. The maximum Gasteiger partial charge on any atom is 0.339 e. The molecule has 0 spiro atoms. The van der Waals surface area contributed by atoms with Gasteiger partial charge in [-0.3, -0.25) is 4.79 Å². The highest BCUT2D eigenvalue weighted by Gasteiger charge is 2.23. The van der Waals surface area contributed by atoms with Crippen molar-refractivity contribution in [1.29, 1.82) is 0 Å². The quantitative estimate of drug-likeness (QED) is 0.305. The molecule has 1 atom stereocenters. The lowest BCUT2D eigenvalue weighted by Gasteiger charge is -2.20. The molecule has 0 saturated carbocycles. The number of hydrogen-bond donors (Lipinski definition) is 2. The van der Waals surface area contributed by atoms with Crippen LogP contribution in [0, 0.1) is 26.7 Å². The van der Waals surface area contributed by atoms with Gasteiger partial charge in [-0.05, 0) is 62.4 Å². The molecule has 2 aromatic carbocycles. The van der Waals surface area contributed by atoms with Crippen LogP contribution in [-0.2, 0) is 11.2 Å². The monoisotopic (exact) mass is 471 g/mol. The van der Waals surface area contributed by atoms with E-state index in [0.717, 1.165) is 49.9 Å². The molecule has 1 unspecified atom stereocenters. The molecule has 0 saturated heterocycles. The number of para-hydroxylation sites is 2. The van der Waals surface area contributed by atoms with E-state index in [1.165, 1.54) is 0 Å². The van der Waals surface area contributed by atoms with Crippen molar-refractivity contribution in [3.05, 3.63) is 75.1 Å². The van der Waals surface area contributed by atoms with Gasteiger partial charge in [-0.15, -0.1) is 0 Å². The van der Waals surface area contributed by atoms with Crippen molar-refractivity contribution < 1.29 is 13.6 Å². The summed E-state index contributed by atoms with van der Waals surface area (Å²) in [7, 11) is 0. The molecule has 0 bridgehead atoms. The number of amides is 1. The minimum absolute atomic E-state index is 0.135. The second kappa shape index (κ2) is 8.73. The Hall–Kier alpha value is -3.87. The zero-order chi connectivity index (χ0) is 24.9. The number of nitrogens with zero attached hydrogens (tertiary/aromatic N) is 1. The number of rotatable bonds is 6. The molecule has 3 heterocycles. The number of carbonyl (C=O) groups is 1. The Labute approximate surface area is 202 Å². The first kappa shape index (κ1) is 22.9. The number of hydrogen-bond acceptors (Lipinski definition) is 5. The van der Waals surface area contributed by atoms with E-state index in [9.17, 15) is 9.59 Å². The van der Waals surface area contributed by atoms with Crippen LogP contribution >= 0.6 is 0 Å². The zero-order valence-electron chi connectivity index (χ0n) is 20.6. The molecule has 180 valence electrons. The number of aromatic amines is 1. The van der Waals surface area contributed by atoms with Gasteiger partial charge in [-0.25, -0.2) is 9.78 Å². The van der Waals surface area contributed by atoms with Crippen LogP contribution in [0.1, 0.15) is 54.4 Å². The molecule has 1 amide bonds. The predicted molar refractivity (Wildman–Crippen MR) is 137 cm³/mol. The number of aromatic nitrogens is 2. The van der Waals surface area contributed by atoms with Gasteiger partial charge < -0.3 is 19.1 Å². The van der Waals surface area contributed by atoms with Crippen LogP contribution < -0.4 is 10.9 Å². The van der Waals surface area contributed by atoms with Crippen LogP contribution in [-0.4, -0.2) is 15.9 Å². The number of aryl methyl sites for hydroxylation is 3. The molecule has 7 nitrogen and oxygen atoms in total. The van der Waals surface area contributed by atoms with E-state index in [1.807, 2.05) is 65.0 Å². The molecule has 0 aliphatic rings. The van der Waals surface area contributed by atoms with E-state index in [-0.39, 0.29) is 24.3 Å². The van der Waals surface area contributed by atoms with Crippen LogP contribution in [0.25, 0.3) is 33.0 Å². The highest BCUT2D eigenvalue weighted by Crippen LogP contribution is 2.33. The van der Waals surface area contributed by atoms with Crippen LogP contribution in [0.4, 0.5) is 0 Å². The maximum atomic E-state index is 12.9. The van der Waals surface area contributed by atoms with E-state index >= 15 is 0 Å². The molecular formula is C28H29N3O4. The topological polar surface area (TPSA) is 101 Å². The lowest BCUT2D eigenvalue weighted by molar-refractivity contribution is -0.122. The van der Waals surface area contributed by atoms with Gasteiger partial charge in [0.1, 0.15) is 17.0 Å². The number of H-pyrrole nitrogens is 1. The normalized spacial score (nSPS) is 12.7. The van der Waals surface area contributed by atoms with Crippen molar-refractivity contribution in [2.75, 3.05) is 0 Å². The Balaban J connectivity index is 1.40. The van der Waals surface area contributed by atoms with Gasteiger partial charge in [-0.1, -0.05) is 26.0 Å². The highest BCUT2D eigenvalue weighted by molar-refractivity contribution is 5.99. The summed E-state index contributed by atoms with van der Waals surface area (Å²) in [5.74, 6) is 0.724. The number of imidazole rings is 1. The lowest BCUT2D eigenvalue weighted by Crippen LogP contribution is -2.33. The number of nitrogens with one attached hydrogen (secondary N) is 2. The average Bonchev–Trinajstić information content (AvgIpc) is 3.41. The number of furan rings is 1. The van der Waals surface area contributed by atoms with Gasteiger partial charge >= 0.3 is 5.63 Å². The van der Waals surface area contributed by atoms with Crippen molar-refractivity contribution >= 4 is 38.9 Å². The minimum Gasteiger partial charge on any atom is -0.464 e. The molecule has 2 N–H and O–H groups in total. The fourth-order valence-corrected chi connectivity index (χ4v) is 4.76. The summed E-state index contributed by atoms with van der Waals surface area (Å²) < 4.78 is 11.4. The molecule has 0 fully saturated rings. The van der Waals surface area contributed by atoms with Gasteiger partial charge in [0, 0.05) is 28.3 Å². The third kappa shape index (κ3) is 4.01. The van der Waals surface area contributed by atoms with Crippen molar-refractivity contribution in [2.45, 2.75) is 53.5 Å². The third-order valence-electron chi connectivity index (χ3n) is 6.82. The van der Waals surface area contributed by atoms with E-state index in [2.05, 4.69) is 15.3 Å². The summed E-state index contributed by atoms with van der Waals surface area (Å²) >= 11 is 0. The predicted octanol–water partition coefficient (Wildman–Crippen LogP) is 5.79. The Morgan fingerprint density at radius 3 is 2.60 bits per heavy atom. The molecule has 3 aromatic heterocycles. The Kier molecular flexibility index (Phi) is 5.71. The smallest absolute Gasteiger partial charge is 0.339 e. The van der Waals surface area contributed by atoms with Crippen molar-refractivity contribution in [3.8, 4) is 0 Å². The first-order valence-corrected chi connectivity index (χ1v) is 11.9. The summed E-state index contributed by atoms with van der Waals surface area (Å²) in [6.07, 6.45) is 2.18. The van der Waals surface area contributed by atoms with E-state index in [4.69, 9.17) is 8.83 Å². The first-order chi connectivity index (χ1) is 16.7. The average molecular weight is 472 g/mol. The van der Waals surface area contributed by atoms with Crippen LogP contribution in [0.5, 0.6) is 0 Å². The summed E-state index contributed by atoms with van der Waals surface area (Å²) in [4.78, 5) is 33.8. The lowest BCUT2D eigenvalue weighted by atomic mass is 9.98. The molecule has 35 heavy (non-hydrogen) atoms. The SMILES string of the molecule is Cc1coc2c(C)c3oc(=O)c(CCC(=O)NC(c4nc5ccccc5[nH]4)C(C)C)c(C)c3cc12. The fraction of sp³-hybridized carbons (Fsp3) is 0.321. The Morgan fingerprint density at radius 2 is 1.86 bits per heavy atom. The maximum absolute atomic E-state index is 12.9. The molecule has 7 heteroatoms. The summed E-state index contributed by atoms with van der Waals surface area (Å²) in [5, 5.41) is 4.97. The van der Waals surface area contributed by atoms with E-state index in [0.29, 0.717) is 17.6 Å². The van der Waals surface area contributed by atoms with Gasteiger partial charge in [0.15, 0.2) is 0 Å². The van der Waals surface area contributed by atoms with Crippen LogP contribution in [0.2, 0.25) is 0 Å². The molecular weight excluding hydrogens is 442 g/mol. The molecule has 0 aliphatic carbocycles. The largest absolute Gasteiger partial charge is 0.464 e. The molecule has 5 rings (SSSR count). The summed E-state index contributed by atoms with van der Waals surface area (Å²) in [6, 6.07) is 9.54. The second-order valence-corrected chi connectivity index (χ2v) is 9.60. The van der Waals surface area contributed by atoms with Gasteiger partial charge in [0.2, 0.25) is 5.91 Å².